The van der Waals surface area contributed by atoms with Gasteiger partial charge < -0.3 is 15.5 Å². The van der Waals surface area contributed by atoms with Crippen LogP contribution in [-0.4, -0.2) is 27.0 Å². The zero-order chi connectivity index (χ0) is 16.3. The Bertz CT molecular complexity index is 713. The molecule has 1 unspecified atom stereocenters. The van der Waals surface area contributed by atoms with Crippen molar-refractivity contribution < 1.29 is 19.8 Å². The van der Waals surface area contributed by atoms with Gasteiger partial charge in [-0.25, -0.2) is 0 Å². The number of aromatic nitrogens is 1. The molecule has 1 aromatic carbocycles. The van der Waals surface area contributed by atoms with Gasteiger partial charge in [-0.3, -0.25) is 20.3 Å². The average molecular weight is 300 g/mol. The maximum atomic E-state index is 12.1. The molecule has 0 aliphatic heterocycles. The molecule has 2 rings (SSSR count). The van der Waals surface area contributed by atoms with Gasteiger partial charge in [0.15, 0.2) is 0 Å². The number of aromatic hydroxyl groups is 2. The third-order valence-corrected chi connectivity index (χ3v) is 3.03. The second kappa shape index (κ2) is 6.13. The van der Waals surface area contributed by atoms with Crippen molar-refractivity contribution in [3.63, 3.8) is 0 Å². The van der Waals surface area contributed by atoms with E-state index in [9.17, 15) is 19.8 Å². The molecule has 1 atom stereocenters. The molecule has 7 heteroatoms. The molecule has 22 heavy (non-hydrogen) atoms. The number of hydrogen-bond acceptors (Lipinski definition) is 5. The van der Waals surface area contributed by atoms with Gasteiger partial charge in [0.1, 0.15) is 17.5 Å². The molecular formula is C15H14N3O4. The van der Waals surface area contributed by atoms with Gasteiger partial charge in [-0.15, -0.1) is 0 Å². The Labute approximate surface area is 126 Å². The van der Waals surface area contributed by atoms with Crippen LogP contribution >= 0.6 is 0 Å². The molecule has 1 aromatic heterocycles. The fourth-order valence-corrected chi connectivity index (χ4v) is 1.90. The summed E-state index contributed by atoms with van der Waals surface area (Å²) in [5.74, 6) is -1.99. The summed E-state index contributed by atoms with van der Waals surface area (Å²) in [6.07, 6.45) is 1.20. The van der Waals surface area contributed by atoms with E-state index < -0.39 is 17.9 Å². The monoisotopic (exact) mass is 300 g/mol. The summed E-state index contributed by atoms with van der Waals surface area (Å²) in [6, 6.07) is 5.69. The maximum absolute atomic E-state index is 12.1. The van der Waals surface area contributed by atoms with Crippen LogP contribution in [0.15, 0.2) is 36.5 Å². The minimum atomic E-state index is -1.20. The Morgan fingerprint density at radius 3 is 2.41 bits per heavy atom. The Morgan fingerprint density at radius 2 is 1.86 bits per heavy atom. The molecule has 0 aliphatic rings. The van der Waals surface area contributed by atoms with Crippen molar-refractivity contribution in [1.82, 2.24) is 16.0 Å². The Hall–Kier alpha value is -3.09. The van der Waals surface area contributed by atoms with Crippen molar-refractivity contribution in [1.29, 1.82) is 0 Å². The van der Waals surface area contributed by atoms with Crippen molar-refractivity contribution in [2.75, 3.05) is 0 Å². The normalized spacial score (nSPS) is 11.7. The summed E-state index contributed by atoms with van der Waals surface area (Å²) in [5, 5.41) is 21.4. The van der Waals surface area contributed by atoms with E-state index in [-0.39, 0.29) is 17.1 Å². The van der Waals surface area contributed by atoms with Crippen molar-refractivity contribution >= 4 is 11.8 Å². The fraction of sp³-hybridized carbons (Fsp3) is 0.133. The molecule has 0 saturated heterocycles. The number of amides is 2. The van der Waals surface area contributed by atoms with Crippen LogP contribution in [0, 0.1) is 6.92 Å². The number of nitrogens with zero attached hydrogens (tertiary/aromatic N) is 1. The molecular weight excluding hydrogens is 286 g/mol. The van der Waals surface area contributed by atoms with E-state index in [2.05, 4.69) is 10.3 Å². The number of aryl methyl sites for hydroxylation is 1. The van der Waals surface area contributed by atoms with Gasteiger partial charge in [-0.2, -0.15) is 0 Å². The van der Waals surface area contributed by atoms with Crippen LogP contribution in [0.5, 0.6) is 11.5 Å². The molecule has 2 amide bonds. The van der Waals surface area contributed by atoms with Crippen LogP contribution in [0.25, 0.3) is 0 Å². The maximum Gasteiger partial charge on any atom is 0.265 e. The van der Waals surface area contributed by atoms with Crippen molar-refractivity contribution in [2.45, 2.75) is 13.0 Å². The van der Waals surface area contributed by atoms with E-state index in [1.165, 1.54) is 36.5 Å². The standard InChI is InChI=1S/C15H14N3O4/c1-8-6-12(20)11(7-17-8)15(22)18-13(14(16)21)9-2-4-10(19)5-3-9/h2-7,13,16,19H,1H3,(H,17,20)(H,18,22). The summed E-state index contributed by atoms with van der Waals surface area (Å²) in [5.41, 5.74) is 8.08. The van der Waals surface area contributed by atoms with Gasteiger partial charge in [0.2, 0.25) is 0 Å². The second-order valence-electron chi connectivity index (χ2n) is 4.71. The first-order chi connectivity index (χ1) is 10.4. The molecule has 0 spiro atoms. The minimum Gasteiger partial charge on any atom is -0.508 e. The number of rotatable bonds is 4. The van der Waals surface area contributed by atoms with Crippen LogP contribution in [0.1, 0.15) is 27.7 Å². The lowest BCUT2D eigenvalue weighted by atomic mass is 10.1. The van der Waals surface area contributed by atoms with E-state index in [1.807, 2.05) is 0 Å². The SMILES string of the molecule is Cc1cc(O)c(C(=O)NC(C([NH])=O)c2ccc(O)cc2)cn1. The van der Waals surface area contributed by atoms with E-state index in [1.54, 1.807) is 6.92 Å². The third kappa shape index (κ3) is 3.32. The van der Waals surface area contributed by atoms with Gasteiger partial charge in [-0.05, 0) is 24.6 Å². The number of carbonyl (C=O) groups is 2. The Balaban J connectivity index is 2.26. The average Bonchev–Trinajstić information content (AvgIpc) is 2.45. The Morgan fingerprint density at radius 1 is 1.23 bits per heavy atom. The highest BCUT2D eigenvalue weighted by molar-refractivity contribution is 5.99. The lowest BCUT2D eigenvalue weighted by Crippen LogP contribution is -2.34. The van der Waals surface area contributed by atoms with E-state index >= 15 is 0 Å². The predicted octanol–water partition coefficient (Wildman–Crippen LogP) is 1.08. The molecule has 2 aromatic rings. The quantitative estimate of drug-likeness (QED) is 0.779. The topological polar surface area (TPSA) is 123 Å². The number of phenolic OH excluding ortho intramolecular Hbond substituents is 1. The first-order valence-corrected chi connectivity index (χ1v) is 6.39. The van der Waals surface area contributed by atoms with Crippen molar-refractivity contribution in [3.05, 3.63) is 53.3 Å². The molecule has 1 radical (unpaired) electrons. The first kappa shape index (κ1) is 15.3. The zero-order valence-corrected chi connectivity index (χ0v) is 11.7. The van der Waals surface area contributed by atoms with Crippen molar-refractivity contribution in [2.24, 2.45) is 0 Å². The van der Waals surface area contributed by atoms with E-state index in [4.69, 9.17) is 5.73 Å². The summed E-state index contributed by atoms with van der Waals surface area (Å²) in [6.45, 7) is 1.66. The summed E-state index contributed by atoms with van der Waals surface area (Å²) >= 11 is 0. The Kier molecular flexibility index (Phi) is 4.26. The van der Waals surface area contributed by atoms with Gasteiger partial charge in [0.05, 0.1) is 5.56 Å². The fourth-order valence-electron chi connectivity index (χ4n) is 1.90. The van der Waals surface area contributed by atoms with Crippen LogP contribution < -0.4 is 11.1 Å². The molecule has 0 saturated carbocycles. The lowest BCUT2D eigenvalue weighted by Gasteiger charge is -2.16. The number of carbonyl (C=O) groups excluding carboxylic acids is 2. The summed E-state index contributed by atoms with van der Waals surface area (Å²) in [4.78, 5) is 27.5. The van der Waals surface area contributed by atoms with Crippen LogP contribution in [-0.2, 0) is 4.79 Å². The summed E-state index contributed by atoms with van der Waals surface area (Å²) in [7, 11) is 0. The largest absolute Gasteiger partial charge is 0.508 e. The van der Waals surface area contributed by atoms with Crippen LogP contribution in [0.2, 0.25) is 0 Å². The molecule has 113 valence electrons. The van der Waals surface area contributed by atoms with Crippen LogP contribution in [0.4, 0.5) is 0 Å². The molecule has 0 aliphatic carbocycles. The minimum absolute atomic E-state index is 0.00614. The third-order valence-electron chi connectivity index (χ3n) is 3.03. The summed E-state index contributed by atoms with van der Waals surface area (Å²) < 4.78 is 0. The second-order valence-corrected chi connectivity index (χ2v) is 4.71. The van der Waals surface area contributed by atoms with Gasteiger partial charge in [0.25, 0.3) is 11.8 Å². The van der Waals surface area contributed by atoms with E-state index in [0.29, 0.717) is 11.3 Å². The lowest BCUT2D eigenvalue weighted by molar-refractivity contribution is -0.120. The molecule has 0 bridgehead atoms. The number of pyridine rings is 1. The van der Waals surface area contributed by atoms with Crippen LogP contribution in [0.3, 0.4) is 0 Å². The smallest absolute Gasteiger partial charge is 0.265 e. The van der Waals surface area contributed by atoms with E-state index in [0.717, 1.165) is 0 Å². The molecule has 4 N–H and O–H groups in total. The number of hydrogen-bond donors (Lipinski definition) is 3. The highest BCUT2D eigenvalue weighted by atomic mass is 16.3. The molecule has 7 nitrogen and oxygen atoms in total. The first-order valence-electron chi connectivity index (χ1n) is 6.39. The van der Waals surface area contributed by atoms with Gasteiger partial charge in [0, 0.05) is 18.0 Å². The van der Waals surface area contributed by atoms with Gasteiger partial charge >= 0.3 is 0 Å². The van der Waals surface area contributed by atoms with Crippen molar-refractivity contribution in [3.8, 4) is 11.5 Å². The number of phenols is 1. The zero-order valence-electron chi connectivity index (χ0n) is 11.7. The highest BCUT2D eigenvalue weighted by Crippen LogP contribution is 2.20. The number of benzene rings is 1. The molecule has 0 fully saturated rings. The highest BCUT2D eigenvalue weighted by Gasteiger charge is 2.23. The predicted molar refractivity (Wildman–Crippen MR) is 77.1 cm³/mol. The van der Waals surface area contributed by atoms with Gasteiger partial charge in [-0.1, -0.05) is 12.1 Å². The number of nitrogens with one attached hydrogen (secondary N) is 2. The molecule has 1 heterocycles.